The van der Waals surface area contributed by atoms with Crippen LogP contribution in [0.3, 0.4) is 0 Å². The van der Waals surface area contributed by atoms with Crippen LogP contribution in [0.1, 0.15) is 56.9 Å². The van der Waals surface area contributed by atoms with Crippen LogP contribution in [0.2, 0.25) is 0 Å². The molecule has 1 aromatic carbocycles. The number of hydrogen-bond donors (Lipinski definition) is 0. The number of fused-ring (bicyclic) bond motifs is 3. The number of aromatic nitrogens is 1. The standard InChI is InChI=1S/C23H30N2O/c1-8-18-20(15(4)25(7)23(18,5)6)19-13(2)9-11-16-17-12-10-14(3)24-22(17)26-21(16)19/h9-12,15,18,20H,8H2,1-7H3/t15-,18?,20?/m1/s1. The number of rotatable bonds is 2. The molecule has 138 valence electrons. The summed E-state index contributed by atoms with van der Waals surface area (Å²) in [5.74, 6) is 1.06. The Morgan fingerprint density at radius 3 is 2.50 bits per heavy atom. The van der Waals surface area contributed by atoms with Crippen molar-refractivity contribution in [2.24, 2.45) is 5.92 Å². The maximum atomic E-state index is 6.37. The SMILES string of the molecule is CCC1C(c2c(C)ccc3c2oc2nc(C)ccc23)[C@@H](C)N(C)C1(C)C. The summed E-state index contributed by atoms with van der Waals surface area (Å²) < 4.78 is 6.37. The van der Waals surface area contributed by atoms with Gasteiger partial charge in [0.2, 0.25) is 5.71 Å². The van der Waals surface area contributed by atoms with Gasteiger partial charge < -0.3 is 4.42 Å². The van der Waals surface area contributed by atoms with Gasteiger partial charge in [0, 0.05) is 39.5 Å². The largest absolute Gasteiger partial charge is 0.437 e. The van der Waals surface area contributed by atoms with E-state index in [9.17, 15) is 0 Å². The fourth-order valence-electron chi connectivity index (χ4n) is 5.35. The quantitative estimate of drug-likeness (QED) is 0.583. The summed E-state index contributed by atoms with van der Waals surface area (Å²) >= 11 is 0. The summed E-state index contributed by atoms with van der Waals surface area (Å²) in [4.78, 5) is 7.19. The van der Waals surface area contributed by atoms with Crippen molar-refractivity contribution in [3.63, 3.8) is 0 Å². The van der Waals surface area contributed by atoms with E-state index in [-0.39, 0.29) is 5.54 Å². The van der Waals surface area contributed by atoms with Gasteiger partial charge in [0.15, 0.2) is 0 Å². The normalized spacial score (nSPS) is 26.2. The zero-order valence-corrected chi connectivity index (χ0v) is 17.1. The highest BCUT2D eigenvalue weighted by Gasteiger charge is 2.50. The summed E-state index contributed by atoms with van der Waals surface area (Å²) in [6.07, 6.45) is 1.17. The topological polar surface area (TPSA) is 29.3 Å². The molecule has 0 bridgehead atoms. The van der Waals surface area contributed by atoms with Crippen LogP contribution in [0, 0.1) is 19.8 Å². The van der Waals surface area contributed by atoms with E-state index in [1.807, 2.05) is 6.92 Å². The molecule has 0 saturated carbocycles. The average Bonchev–Trinajstić information content (AvgIpc) is 3.02. The molecule has 3 aromatic rings. The minimum atomic E-state index is 0.175. The molecule has 0 radical (unpaired) electrons. The predicted octanol–water partition coefficient (Wildman–Crippen LogP) is 5.82. The molecule has 2 aromatic heterocycles. The van der Waals surface area contributed by atoms with Gasteiger partial charge in [0.1, 0.15) is 5.58 Å². The maximum Gasteiger partial charge on any atom is 0.227 e. The van der Waals surface area contributed by atoms with Gasteiger partial charge in [-0.15, -0.1) is 0 Å². The number of nitrogens with zero attached hydrogens (tertiary/aromatic N) is 2. The lowest BCUT2D eigenvalue weighted by atomic mass is 9.74. The van der Waals surface area contributed by atoms with Gasteiger partial charge >= 0.3 is 0 Å². The van der Waals surface area contributed by atoms with Crippen LogP contribution in [-0.4, -0.2) is 28.5 Å². The van der Waals surface area contributed by atoms with Crippen LogP contribution in [-0.2, 0) is 0 Å². The molecule has 3 heterocycles. The molecule has 1 aliphatic heterocycles. The Balaban J connectivity index is 2.01. The first-order chi connectivity index (χ1) is 12.3. The number of benzene rings is 1. The zero-order chi connectivity index (χ0) is 18.8. The van der Waals surface area contributed by atoms with Gasteiger partial charge in [-0.25, -0.2) is 4.98 Å². The summed E-state index contributed by atoms with van der Waals surface area (Å²) in [5.41, 5.74) is 5.69. The Morgan fingerprint density at radius 1 is 1.12 bits per heavy atom. The lowest BCUT2D eigenvalue weighted by molar-refractivity contribution is 0.145. The van der Waals surface area contributed by atoms with Crippen LogP contribution in [0.15, 0.2) is 28.7 Å². The second-order valence-electron chi connectivity index (χ2n) is 8.63. The monoisotopic (exact) mass is 350 g/mol. The van der Waals surface area contributed by atoms with Crippen molar-refractivity contribution < 1.29 is 4.42 Å². The van der Waals surface area contributed by atoms with E-state index in [2.05, 4.69) is 75.8 Å². The van der Waals surface area contributed by atoms with Crippen molar-refractivity contribution in [2.75, 3.05) is 7.05 Å². The maximum absolute atomic E-state index is 6.37. The Bertz CT molecular complexity index is 985. The number of likely N-dealkylation sites (tertiary alicyclic amines) is 1. The molecule has 0 aliphatic carbocycles. The van der Waals surface area contributed by atoms with E-state index >= 15 is 0 Å². The molecule has 3 heteroatoms. The van der Waals surface area contributed by atoms with Crippen molar-refractivity contribution in [2.45, 2.75) is 65.5 Å². The van der Waals surface area contributed by atoms with Crippen LogP contribution in [0.4, 0.5) is 0 Å². The molecule has 3 atom stereocenters. The second kappa shape index (κ2) is 5.82. The third-order valence-electron chi connectivity index (χ3n) is 7.06. The van der Waals surface area contributed by atoms with Crippen molar-refractivity contribution >= 4 is 22.1 Å². The number of pyridine rings is 1. The van der Waals surface area contributed by atoms with Crippen molar-refractivity contribution in [1.82, 2.24) is 9.88 Å². The summed E-state index contributed by atoms with van der Waals surface area (Å²) in [7, 11) is 2.27. The Hall–Kier alpha value is -1.87. The number of furan rings is 1. The highest BCUT2D eigenvalue weighted by atomic mass is 16.3. The van der Waals surface area contributed by atoms with Gasteiger partial charge in [-0.3, -0.25) is 4.90 Å². The summed E-state index contributed by atoms with van der Waals surface area (Å²) in [6.45, 7) is 13.7. The van der Waals surface area contributed by atoms with E-state index in [1.165, 1.54) is 22.9 Å². The lowest BCUT2D eigenvalue weighted by Crippen LogP contribution is -2.41. The molecule has 0 N–H and O–H groups in total. The van der Waals surface area contributed by atoms with Crippen LogP contribution < -0.4 is 0 Å². The first-order valence-electron chi connectivity index (χ1n) is 9.79. The predicted molar refractivity (Wildman–Crippen MR) is 109 cm³/mol. The van der Waals surface area contributed by atoms with E-state index < -0.39 is 0 Å². The highest BCUT2D eigenvalue weighted by Crippen LogP contribution is 2.51. The molecule has 1 saturated heterocycles. The van der Waals surface area contributed by atoms with Gasteiger partial charge in [0.05, 0.1) is 0 Å². The average molecular weight is 351 g/mol. The van der Waals surface area contributed by atoms with Gasteiger partial charge in [-0.2, -0.15) is 0 Å². The van der Waals surface area contributed by atoms with E-state index in [0.717, 1.165) is 22.4 Å². The van der Waals surface area contributed by atoms with Gasteiger partial charge in [0.25, 0.3) is 0 Å². The fourth-order valence-corrected chi connectivity index (χ4v) is 5.35. The van der Waals surface area contributed by atoms with Gasteiger partial charge in [-0.05, 0) is 65.3 Å². The molecule has 4 rings (SSSR count). The second-order valence-corrected chi connectivity index (χ2v) is 8.63. The van der Waals surface area contributed by atoms with Crippen molar-refractivity contribution in [3.8, 4) is 0 Å². The Kier molecular flexibility index (Phi) is 3.92. The molecule has 3 nitrogen and oxygen atoms in total. The molecule has 0 amide bonds. The molecule has 1 fully saturated rings. The van der Waals surface area contributed by atoms with Crippen molar-refractivity contribution in [3.05, 3.63) is 41.1 Å². The third-order valence-corrected chi connectivity index (χ3v) is 7.06. The van der Waals surface area contributed by atoms with Crippen LogP contribution in [0.25, 0.3) is 22.1 Å². The first kappa shape index (κ1) is 17.5. The highest BCUT2D eigenvalue weighted by molar-refractivity contribution is 6.05. The lowest BCUT2D eigenvalue weighted by Gasteiger charge is -2.34. The number of likely N-dealkylation sites (N-methyl/N-ethyl adjacent to an activating group) is 1. The van der Waals surface area contributed by atoms with E-state index in [1.54, 1.807) is 0 Å². The van der Waals surface area contributed by atoms with Crippen LogP contribution >= 0.6 is 0 Å². The number of aryl methyl sites for hydroxylation is 2. The smallest absolute Gasteiger partial charge is 0.227 e. The summed E-state index contributed by atoms with van der Waals surface area (Å²) in [6, 6.07) is 9.15. The molecule has 1 aliphatic rings. The zero-order valence-electron chi connectivity index (χ0n) is 17.1. The molecule has 0 spiro atoms. The Morgan fingerprint density at radius 2 is 1.81 bits per heavy atom. The molecule has 2 unspecified atom stereocenters. The van der Waals surface area contributed by atoms with Crippen LogP contribution in [0.5, 0.6) is 0 Å². The minimum Gasteiger partial charge on any atom is -0.437 e. The molecular formula is C23H30N2O. The van der Waals surface area contributed by atoms with Crippen molar-refractivity contribution in [1.29, 1.82) is 0 Å². The van der Waals surface area contributed by atoms with E-state index in [4.69, 9.17) is 4.42 Å². The fraction of sp³-hybridized carbons (Fsp3) is 0.522. The minimum absolute atomic E-state index is 0.175. The van der Waals surface area contributed by atoms with E-state index in [0.29, 0.717) is 17.9 Å². The number of hydrogen-bond acceptors (Lipinski definition) is 3. The Labute approximate surface area is 156 Å². The first-order valence-corrected chi connectivity index (χ1v) is 9.79. The summed E-state index contributed by atoms with van der Waals surface area (Å²) in [5, 5.41) is 2.32. The third kappa shape index (κ3) is 2.26. The van der Waals surface area contributed by atoms with Gasteiger partial charge in [-0.1, -0.05) is 25.5 Å². The molecular weight excluding hydrogens is 320 g/mol. The molecule has 26 heavy (non-hydrogen) atoms.